The Morgan fingerprint density at radius 2 is 1.82 bits per heavy atom. The predicted octanol–water partition coefficient (Wildman–Crippen LogP) is 9.38. The Morgan fingerprint density at radius 1 is 1.16 bits per heavy atom. The van der Waals surface area contributed by atoms with Crippen LogP contribution >= 0.6 is 11.3 Å². The second-order valence-corrected chi connectivity index (χ2v) is 12.0. The maximum atomic E-state index is 12.7. The van der Waals surface area contributed by atoms with Crippen LogP contribution in [0.15, 0.2) is 34.8 Å². The van der Waals surface area contributed by atoms with Gasteiger partial charge in [-0.2, -0.15) is 0 Å². The highest BCUT2D eigenvalue weighted by molar-refractivity contribution is 7.09. The second-order valence-electron chi connectivity index (χ2n) is 11.0. The van der Waals surface area contributed by atoms with Crippen molar-refractivity contribution in [3.8, 4) is 0 Å². The van der Waals surface area contributed by atoms with E-state index in [2.05, 4.69) is 69.3 Å². The van der Waals surface area contributed by atoms with Crippen molar-refractivity contribution in [1.29, 1.82) is 0 Å². The van der Waals surface area contributed by atoms with Crippen LogP contribution in [0.3, 0.4) is 0 Å². The summed E-state index contributed by atoms with van der Waals surface area (Å²) in [6.07, 6.45) is 15.3. The molecule has 0 aliphatic heterocycles. The van der Waals surface area contributed by atoms with Crippen molar-refractivity contribution in [2.24, 2.45) is 17.8 Å². The Morgan fingerprint density at radius 3 is 2.37 bits per heavy atom. The van der Waals surface area contributed by atoms with E-state index in [0.717, 1.165) is 42.8 Å². The number of aliphatic hydroxyl groups is 1. The molecule has 4 atom stereocenters. The van der Waals surface area contributed by atoms with Gasteiger partial charge < -0.3 is 9.84 Å². The smallest absolute Gasteiger partial charge is 0.141 e. The third kappa shape index (κ3) is 15.8. The lowest BCUT2D eigenvalue weighted by atomic mass is 9.85. The van der Waals surface area contributed by atoms with Gasteiger partial charge in [0.15, 0.2) is 0 Å². The minimum atomic E-state index is -0.583. The number of carbonyl (C=O) groups excluding carboxylic acids is 1. The van der Waals surface area contributed by atoms with E-state index in [-0.39, 0.29) is 29.6 Å². The van der Waals surface area contributed by atoms with Crippen molar-refractivity contribution in [3.05, 3.63) is 45.5 Å². The number of aryl methyl sites for hydroxylation is 1. The van der Waals surface area contributed by atoms with Crippen molar-refractivity contribution >= 4 is 23.2 Å². The summed E-state index contributed by atoms with van der Waals surface area (Å²) < 4.78 is 6.34. The molecule has 1 heterocycles. The minimum Gasteiger partial charge on any atom is -0.392 e. The number of hydrogen-bond donors (Lipinski definition) is 1. The maximum absolute atomic E-state index is 12.7. The van der Waals surface area contributed by atoms with E-state index in [4.69, 9.17) is 4.74 Å². The number of aliphatic hydroxyl groups excluding tert-OH is 1. The molecule has 0 bridgehead atoms. The number of hydrogen-bond acceptors (Lipinski definition) is 5. The number of thiazole rings is 1. The number of rotatable bonds is 17. The fourth-order valence-corrected chi connectivity index (χ4v) is 4.76. The van der Waals surface area contributed by atoms with Gasteiger partial charge >= 0.3 is 0 Å². The zero-order chi connectivity index (χ0) is 29.1. The lowest BCUT2D eigenvalue weighted by Crippen LogP contribution is -2.33. The minimum absolute atomic E-state index is 0.00446. The zero-order valence-electron chi connectivity index (χ0n) is 26.0. The number of unbranched alkanes of at least 4 members (excludes halogenated alkanes) is 1. The summed E-state index contributed by atoms with van der Waals surface area (Å²) in [6.45, 7) is 21.0. The van der Waals surface area contributed by atoms with Crippen molar-refractivity contribution in [2.75, 3.05) is 6.61 Å². The Balaban J connectivity index is 0.00000434. The average molecular weight is 548 g/mol. The molecular weight excluding hydrogens is 490 g/mol. The van der Waals surface area contributed by atoms with Crippen LogP contribution in [0, 0.1) is 24.7 Å². The topological polar surface area (TPSA) is 59.4 Å². The zero-order valence-corrected chi connectivity index (χ0v) is 26.9. The van der Waals surface area contributed by atoms with Gasteiger partial charge in [0.25, 0.3) is 0 Å². The van der Waals surface area contributed by atoms with Crippen molar-refractivity contribution in [1.82, 2.24) is 4.98 Å². The van der Waals surface area contributed by atoms with E-state index in [1.54, 1.807) is 11.3 Å². The van der Waals surface area contributed by atoms with Crippen LogP contribution in [0.25, 0.3) is 6.08 Å². The van der Waals surface area contributed by atoms with Gasteiger partial charge in [-0.25, -0.2) is 4.98 Å². The highest BCUT2D eigenvalue weighted by Crippen LogP contribution is 2.22. The fourth-order valence-electron chi connectivity index (χ4n) is 4.19. The molecule has 1 aromatic rings. The number of nitrogens with zero attached hydrogens (tertiary/aromatic N) is 1. The first-order valence-corrected chi connectivity index (χ1v) is 15.6. The van der Waals surface area contributed by atoms with Gasteiger partial charge in [0.1, 0.15) is 5.78 Å². The van der Waals surface area contributed by atoms with Crippen LogP contribution in [0.1, 0.15) is 118 Å². The van der Waals surface area contributed by atoms with Crippen LogP contribution in [0.5, 0.6) is 0 Å². The summed E-state index contributed by atoms with van der Waals surface area (Å²) >= 11 is 1.66. The number of allylic oxidation sites excluding steroid dienone is 3. The SMILES string of the molecule is C/C=C/CCC/C(C)=C\CC(OCCCC(C)C(=O)C(C)C(O)C(C)C)/C(C)=C/c1csc(C)n1.CCC. The first-order valence-electron chi connectivity index (χ1n) is 14.7. The molecule has 0 amide bonds. The van der Waals surface area contributed by atoms with Crippen LogP contribution < -0.4 is 0 Å². The highest BCUT2D eigenvalue weighted by Gasteiger charge is 2.27. The molecule has 1 rings (SSSR count). The van der Waals surface area contributed by atoms with E-state index in [9.17, 15) is 9.90 Å². The van der Waals surface area contributed by atoms with Gasteiger partial charge in [0.05, 0.1) is 22.9 Å². The molecule has 218 valence electrons. The van der Waals surface area contributed by atoms with Gasteiger partial charge in [-0.05, 0) is 83.8 Å². The van der Waals surface area contributed by atoms with E-state index < -0.39 is 6.10 Å². The number of aromatic nitrogens is 1. The molecule has 0 radical (unpaired) electrons. The normalized spacial score (nSPS) is 15.8. The van der Waals surface area contributed by atoms with Gasteiger partial charge in [-0.1, -0.05) is 71.8 Å². The van der Waals surface area contributed by atoms with Crippen LogP contribution in [0.4, 0.5) is 0 Å². The van der Waals surface area contributed by atoms with Crippen molar-refractivity contribution in [3.63, 3.8) is 0 Å². The number of Topliss-reactive ketones (excluding diaryl/α,β-unsaturated/α-hetero) is 1. The van der Waals surface area contributed by atoms with Gasteiger partial charge in [-0.3, -0.25) is 4.79 Å². The lowest BCUT2D eigenvalue weighted by Gasteiger charge is -2.24. The maximum Gasteiger partial charge on any atom is 0.141 e. The van der Waals surface area contributed by atoms with Crippen LogP contribution in [-0.4, -0.2) is 34.7 Å². The molecule has 5 heteroatoms. The summed E-state index contributed by atoms with van der Waals surface area (Å²) in [5.41, 5.74) is 3.56. The van der Waals surface area contributed by atoms with Crippen LogP contribution in [0.2, 0.25) is 0 Å². The predicted molar refractivity (Wildman–Crippen MR) is 167 cm³/mol. The Labute approximate surface area is 238 Å². The van der Waals surface area contributed by atoms with Crippen LogP contribution in [-0.2, 0) is 9.53 Å². The average Bonchev–Trinajstić information content (AvgIpc) is 3.28. The first kappa shape index (κ1) is 36.4. The molecule has 38 heavy (non-hydrogen) atoms. The Bertz CT molecular complexity index is 852. The summed E-state index contributed by atoms with van der Waals surface area (Å²) in [4.78, 5) is 17.3. The molecule has 1 N–H and O–H groups in total. The molecule has 0 spiro atoms. The fraction of sp³-hybridized carbons (Fsp3) is 0.697. The van der Waals surface area contributed by atoms with Gasteiger partial charge in [-0.15, -0.1) is 11.3 Å². The van der Waals surface area contributed by atoms with E-state index >= 15 is 0 Å². The number of ether oxygens (including phenoxy) is 1. The molecule has 4 nitrogen and oxygen atoms in total. The summed E-state index contributed by atoms with van der Waals surface area (Å²) in [6, 6.07) is 0. The molecule has 0 aliphatic rings. The van der Waals surface area contributed by atoms with Gasteiger partial charge in [0, 0.05) is 23.8 Å². The number of carbonyl (C=O) groups is 1. The Kier molecular flexibility index (Phi) is 20.4. The number of ketones is 1. The molecule has 1 aromatic heterocycles. The third-order valence-corrected chi connectivity index (χ3v) is 7.40. The molecular formula is C33H57NO3S. The highest BCUT2D eigenvalue weighted by atomic mass is 32.1. The monoisotopic (exact) mass is 547 g/mol. The molecule has 0 aromatic carbocycles. The Hall–Kier alpha value is -1.56. The lowest BCUT2D eigenvalue weighted by molar-refractivity contribution is -0.130. The standard InChI is InChI=1S/C30H49NO3S.C3H8/c1-9-10-11-12-14-22(4)16-17-28(24(6)19-27-20-35-26(8)31-27)34-18-13-15-23(5)30(33)25(7)29(32)21(2)3;1-3-2/h9-10,16,19-21,23,25,28-29,32H,11-15,17-18H2,1-8H3;3H2,1-2H3/b10-9+,22-16-,24-19+;. The molecule has 0 saturated heterocycles. The molecule has 0 fully saturated rings. The molecule has 0 aliphatic carbocycles. The second kappa shape index (κ2) is 21.3. The van der Waals surface area contributed by atoms with E-state index in [1.165, 1.54) is 24.0 Å². The summed E-state index contributed by atoms with van der Waals surface area (Å²) in [5.74, 6) is -0.170. The summed E-state index contributed by atoms with van der Waals surface area (Å²) in [7, 11) is 0. The van der Waals surface area contributed by atoms with Crippen molar-refractivity contribution in [2.45, 2.75) is 126 Å². The largest absolute Gasteiger partial charge is 0.392 e. The summed E-state index contributed by atoms with van der Waals surface area (Å²) in [5, 5.41) is 13.4. The van der Waals surface area contributed by atoms with E-state index in [1.807, 2.05) is 34.6 Å². The molecule has 4 unspecified atom stereocenters. The quantitative estimate of drug-likeness (QED) is 0.156. The van der Waals surface area contributed by atoms with E-state index in [0.29, 0.717) is 6.61 Å². The van der Waals surface area contributed by atoms with Gasteiger partial charge in [0.2, 0.25) is 0 Å². The third-order valence-electron chi connectivity index (χ3n) is 6.61. The first-order chi connectivity index (χ1) is 18.0. The molecule has 0 saturated carbocycles. The van der Waals surface area contributed by atoms with Crippen molar-refractivity contribution < 1.29 is 14.6 Å².